The van der Waals surface area contributed by atoms with E-state index >= 15 is 0 Å². The standard InChI is InChI=1S/C33H32N6O8/c1-3-42-32-34-25-10-6-9-24(31(40)45-19(2)46-33(41)47-27-18-44-26-15-16-43-29(26)27)28(25)39(32)17-20-11-13-21(14-12-20)22-7-4-5-8-23(22)30-35-37-38-36-30/h4-14,19,26-27,29H,3,15-18H2,1-2H3,(H,35,36,37,38)/t19?,26?,27-,29?/m0/s1. The Balaban J connectivity index is 1.09. The molecule has 242 valence electrons. The third-order valence-electron chi connectivity index (χ3n) is 8.05. The van der Waals surface area contributed by atoms with Crippen molar-refractivity contribution in [3.8, 4) is 28.5 Å². The van der Waals surface area contributed by atoms with Gasteiger partial charge in [0.1, 0.15) is 6.10 Å². The molecule has 4 heterocycles. The minimum Gasteiger partial charge on any atom is -0.465 e. The number of carbonyl (C=O) groups excluding carboxylic acids is 2. The van der Waals surface area contributed by atoms with Crippen molar-refractivity contribution in [2.75, 3.05) is 19.8 Å². The van der Waals surface area contributed by atoms with E-state index in [1.807, 2.05) is 60.0 Å². The fraction of sp³-hybridized carbons (Fsp3) is 0.333. The fourth-order valence-corrected chi connectivity index (χ4v) is 5.95. The average molecular weight is 641 g/mol. The number of nitrogens with zero attached hydrogens (tertiary/aromatic N) is 5. The molecule has 2 saturated heterocycles. The minimum absolute atomic E-state index is 0.0904. The second kappa shape index (κ2) is 13.2. The van der Waals surface area contributed by atoms with E-state index in [9.17, 15) is 9.59 Å². The largest absolute Gasteiger partial charge is 0.511 e. The topological polar surface area (TPSA) is 162 Å². The number of H-pyrrole nitrogens is 1. The SMILES string of the molecule is CCOc1nc2cccc(C(=O)OC(C)OC(=O)O[C@H]3COC4CCOC43)c2n1Cc1ccc(-c2ccccc2-c2nn[nH]n2)cc1. The third-order valence-corrected chi connectivity index (χ3v) is 8.05. The molecular formula is C33H32N6O8. The number of benzene rings is 3. The number of nitrogens with one attached hydrogen (secondary N) is 1. The Morgan fingerprint density at radius 2 is 1.85 bits per heavy atom. The molecule has 0 amide bonds. The molecule has 4 atom stereocenters. The van der Waals surface area contributed by atoms with Crippen LogP contribution in [0.1, 0.15) is 36.2 Å². The first-order valence-electron chi connectivity index (χ1n) is 15.3. The van der Waals surface area contributed by atoms with Crippen LogP contribution in [0.15, 0.2) is 66.7 Å². The second-order valence-electron chi connectivity index (χ2n) is 11.1. The molecule has 1 N–H and O–H groups in total. The quantitative estimate of drug-likeness (QED) is 0.168. The van der Waals surface area contributed by atoms with Crippen molar-refractivity contribution >= 4 is 23.2 Å². The van der Waals surface area contributed by atoms with Crippen LogP contribution in [-0.2, 0) is 30.2 Å². The number of rotatable bonds is 10. The van der Waals surface area contributed by atoms with Crippen molar-refractivity contribution in [2.45, 2.75) is 51.4 Å². The number of para-hydroxylation sites is 1. The Labute approximate surface area is 268 Å². The van der Waals surface area contributed by atoms with Crippen molar-refractivity contribution < 1.29 is 38.0 Å². The maximum atomic E-state index is 13.5. The zero-order valence-corrected chi connectivity index (χ0v) is 25.7. The van der Waals surface area contributed by atoms with Crippen LogP contribution in [-0.4, -0.2) is 86.7 Å². The molecule has 14 heteroatoms. The average Bonchev–Trinajstić information content (AvgIpc) is 3.89. The molecule has 5 aromatic rings. The maximum absolute atomic E-state index is 13.5. The van der Waals surface area contributed by atoms with E-state index < -0.39 is 24.5 Å². The predicted molar refractivity (Wildman–Crippen MR) is 165 cm³/mol. The van der Waals surface area contributed by atoms with Crippen LogP contribution in [0, 0.1) is 0 Å². The number of hydrogen-bond donors (Lipinski definition) is 1. The lowest BCUT2D eigenvalue weighted by atomic mass is 9.98. The summed E-state index contributed by atoms with van der Waals surface area (Å²) in [5, 5.41) is 14.5. The number of tetrazole rings is 1. The van der Waals surface area contributed by atoms with E-state index in [1.54, 1.807) is 18.2 Å². The molecule has 3 unspecified atom stereocenters. The molecule has 14 nitrogen and oxygen atoms in total. The van der Waals surface area contributed by atoms with Crippen molar-refractivity contribution in [1.82, 2.24) is 30.2 Å². The summed E-state index contributed by atoms with van der Waals surface area (Å²) in [6.07, 6.45) is -2.43. The Morgan fingerprint density at radius 3 is 2.64 bits per heavy atom. The van der Waals surface area contributed by atoms with Crippen molar-refractivity contribution in [1.29, 1.82) is 0 Å². The highest BCUT2D eigenvalue weighted by Crippen LogP contribution is 2.32. The zero-order valence-electron chi connectivity index (χ0n) is 25.7. The summed E-state index contributed by atoms with van der Waals surface area (Å²) in [6, 6.07) is 21.3. The normalized spacial score (nSPS) is 19.3. The smallest absolute Gasteiger partial charge is 0.465 e. The van der Waals surface area contributed by atoms with Gasteiger partial charge in [-0.1, -0.05) is 54.6 Å². The summed E-state index contributed by atoms with van der Waals surface area (Å²) >= 11 is 0. The van der Waals surface area contributed by atoms with Gasteiger partial charge >= 0.3 is 12.1 Å². The summed E-state index contributed by atoms with van der Waals surface area (Å²) in [6.45, 7) is 4.82. The lowest BCUT2D eigenvalue weighted by molar-refractivity contribution is -0.0981. The van der Waals surface area contributed by atoms with Crippen LogP contribution < -0.4 is 4.74 Å². The van der Waals surface area contributed by atoms with Gasteiger partial charge in [-0.15, -0.1) is 10.2 Å². The van der Waals surface area contributed by atoms with Crippen molar-refractivity contribution in [3.63, 3.8) is 0 Å². The summed E-state index contributed by atoms with van der Waals surface area (Å²) in [5.41, 5.74) is 5.04. The molecule has 2 aliphatic heterocycles. The highest BCUT2D eigenvalue weighted by atomic mass is 16.8. The Hall–Kier alpha value is -5.34. The maximum Gasteiger partial charge on any atom is 0.511 e. The van der Waals surface area contributed by atoms with Gasteiger partial charge in [0, 0.05) is 19.1 Å². The molecular weight excluding hydrogens is 608 g/mol. The number of ether oxygens (including phenoxy) is 6. The van der Waals surface area contributed by atoms with Crippen LogP contribution in [0.2, 0.25) is 0 Å². The zero-order chi connectivity index (χ0) is 32.3. The van der Waals surface area contributed by atoms with E-state index in [0.717, 1.165) is 28.7 Å². The van der Waals surface area contributed by atoms with Crippen molar-refractivity contribution in [2.24, 2.45) is 0 Å². The molecule has 0 radical (unpaired) electrons. The molecule has 47 heavy (non-hydrogen) atoms. The third kappa shape index (κ3) is 6.24. The molecule has 2 fully saturated rings. The van der Waals surface area contributed by atoms with Gasteiger partial charge in [0.05, 0.1) is 42.5 Å². The molecule has 0 bridgehead atoms. The van der Waals surface area contributed by atoms with E-state index in [2.05, 4.69) is 25.6 Å². The van der Waals surface area contributed by atoms with Gasteiger partial charge in [-0.2, -0.15) is 10.2 Å². The van der Waals surface area contributed by atoms with Crippen LogP contribution in [0.4, 0.5) is 4.79 Å². The Bertz CT molecular complexity index is 1880. The fourth-order valence-electron chi connectivity index (χ4n) is 5.95. The summed E-state index contributed by atoms with van der Waals surface area (Å²) in [4.78, 5) is 30.6. The molecule has 7 rings (SSSR count). The Kier molecular flexibility index (Phi) is 8.50. The number of hydrogen-bond acceptors (Lipinski definition) is 12. The van der Waals surface area contributed by atoms with Gasteiger partial charge < -0.3 is 28.4 Å². The van der Waals surface area contributed by atoms with Gasteiger partial charge in [-0.3, -0.25) is 4.57 Å². The minimum atomic E-state index is -1.22. The molecule has 3 aromatic carbocycles. The van der Waals surface area contributed by atoms with E-state index in [0.29, 0.717) is 42.6 Å². The van der Waals surface area contributed by atoms with Crippen LogP contribution >= 0.6 is 0 Å². The first-order chi connectivity index (χ1) is 23.0. The lowest BCUT2D eigenvalue weighted by Crippen LogP contribution is -2.33. The van der Waals surface area contributed by atoms with Crippen LogP contribution in [0.5, 0.6) is 6.01 Å². The van der Waals surface area contributed by atoms with E-state index in [1.165, 1.54) is 6.92 Å². The summed E-state index contributed by atoms with van der Waals surface area (Å²) in [7, 11) is 0. The van der Waals surface area contributed by atoms with Gasteiger partial charge in [0.25, 0.3) is 6.01 Å². The monoisotopic (exact) mass is 640 g/mol. The van der Waals surface area contributed by atoms with Gasteiger partial charge in [-0.25, -0.2) is 9.59 Å². The van der Waals surface area contributed by atoms with Crippen LogP contribution in [0.3, 0.4) is 0 Å². The lowest BCUT2D eigenvalue weighted by Gasteiger charge is -2.19. The van der Waals surface area contributed by atoms with Gasteiger partial charge in [-0.05, 0) is 47.4 Å². The van der Waals surface area contributed by atoms with Crippen molar-refractivity contribution in [3.05, 3.63) is 77.9 Å². The number of imidazole rings is 1. The Morgan fingerprint density at radius 1 is 1.02 bits per heavy atom. The van der Waals surface area contributed by atoms with Gasteiger partial charge in [0.2, 0.25) is 12.1 Å². The highest BCUT2D eigenvalue weighted by molar-refractivity contribution is 6.02. The first kappa shape index (κ1) is 30.3. The first-order valence-corrected chi connectivity index (χ1v) is 15.3. The van der Waals surface area contributed by atoms with E-state index in [-0.39, 0.29) is 24.4 Å². The molecule has 0 spiro atoms. The highest BCUT2D eigenvalue weighted by Gasteiger charge is 2.44. The number of aromatic nitrogens is 6. The van der Waals surface area contributed by atoms with E-state index in [4.69, 9.17) is 28.4 Å². The summed E-state index contributed by atoms with van der Waals surface area (Å²) in [5.74, 6) is -0.191. The van der Waals surface area contributed by atoms with Gasteiger partial charge in [0.15, 0.2) is 6.10 Å². The number of fused-ring (bicyclic) bond motifs is 2. The number of aromatic amines is 1. The predicted octanol–water partition coefficient (Wildman–Crippen LogP) is 4.54. The molecule has 0 saturated carbocycles. The number of esters is 1. The molecule has 2 aromatic heterocycles. The molecule has 0 aliphatic carbocycles. The number of carbonyl (C=O) groups is 2. The second-order valence-corrected chi connectivity index (χ2v) is 11.1. The summed E-state index contributed by atoms with van der Waals surface area (Å²) < 4.78 is 35.1. The molecule has 2 aliphatic rings. The van der Waals surface area contributed by atoms with Crippen LogP contribution in [0.25, 0.3) is 33.5 Å².